The van der Waals surface area contributed by atoms with E-state index in [2.05, 4.69) is 48.4 Å². The molecule has 0 unspecified atom stereocenters. The van der Waals surface area contributed by atoms with E-state index < -0.39 is 0 Å². The predicted octanol–water partition coefficient (Wildman–Crippen LogP) is 5.13. The van der Waals surface area contributed by atoms with E-state index in [0.717, 1.165) is 10.3 Å². The van der Waals surface area contributed by atoms with Crippen LogP contribution in [0.2, 0.25) is 0 Å². The number of rotatable bonds is 5. The molecule has 1 N–H and O–H groups in total. The Kier molecular flexibility index (Phi) is 4.90. The fraction of sp³-hybridized carbons (Fsp3) is 0.263. The van der Waals surface area contributed by atoms with Crippen molar-refractivity contribution in [2.45, 2.75) is 32.6 Å². The first-order valence-corrected chi connectivity index (χ1v) is 8.78. The molecule has 0 atom stereocenters. The van der Waals surface area contributed by atoms with Gasteiger partial charge in [0.05, 0.1) is 4.70 Å². The number of nitrogens with zero attached hydrogens (tertiary/aromatic N) is 1. The van der Waals surface area contributed by atoms with Crippen LogP contribution in [-0.2, 0) is 11.2 Å². The molecule has 5 heteroatoms. The van der Waals surface area contributed by atoms with Gasteiger partial charge in [-0.2, -0.15) is 0 Å². The summed E-state index contributed by atoms with van der Waals surface area (Å²) in [4.78, 5) is 16.2. The highest BCUT2D eigenvalue weighted by atomic mass is 32.1. The summed E-state index contributed by atoms with van der Waals surface area (Å²) in [5.74, 6) is 0.0265. The van der Waals surface area contributed by atoms with E-state index in [1.54, 1.807) is 12.1 Å². The molecule has 24 heavy (non-hydrogen) atoms. The summed E-state index contributed by atoms with van der Waals surface area (Å²) in [6.45, 7) is 4.31. The van der Waals surface area contributed by atoms with Crippen molar-refractivity contribution in [2.24, 2.45) is 0 Å². The number of aromatic nitrogens is 1. The zero-order valence-electron chi connectivity index (χ0n) is 13.7. The van der Waals surface area contributed by atoms with E-state index in [0.29, 0.717) is 29.4 Å². The molecule has 0 aliphatic rings. The lowest BCUT2D eigenvalue weighted by Crippen LogP contribution is -2.12. The molecule has 0 aliphatic heterocycles. The van der Waals surface area contributed by atoms with Crippen molar-refractivity contribution in [1.82, 2.24) is 4.98 Å². The van der Waals surface area contributed by atoms with E-state index in [-0.39, 0.29) is 11.7 Å². The molecular formula is C19H19FN2OS. The maximum Gasteiger partial charge on any atom is 0.226 e. The third kappa shape index (κ3) is 3.79. The van der Waals surface area contributed by atoms with Gasteiger partial charge in [0.15, 0.2) is 5.13 Å². The van der Waals surface area contributed by atoms with Crippen LogP contribution in [0.15, 0.2) is 42.5 Å². The fourth-order valence-corrected chi connectivity index (χ4v) is 3.37. The molecular weight excluding hydrogens is 323 g/mol. The summed E-state index contributed by atoms with van der Waals surface area (Å²) in [7, 11) is 0. The molecule has 1 amide bonds. The Labute approximate surface area is 144 Å². The van der Waals surface area contributed by atoms with Crippen molar-refractivity contribution in [3.05, 3.63) is 59.4 Å². The van der Waals surface area contributed by atoms with Gasteiger partial charge in [-0.25, -0.2) is 9.37 Å². The molecule has 2 aromatic carbocycles. The van der Waals surface area contributed by atoms with Crippen LogP contribution in [0.3, 0.4) is 0 Å². The maximum absolute atomic E-state index is 13.6. The van der Waals surface area contributed by atoms with Gasteiger partial charge in [-0.3, -0.25) is 4.79 Å². The Hall–Kier alpha value is -2.27. The molecule has 0 saturated carbocycles. The SMILES string of the molecule is CC(C)c1ccc(CCC(=O)Nc2nc3c(F)cccc3s2)cc1. The van der Waals surface area contributed by atoms with Gasteiger partial charge in [-0.1, -0.05) is 55.5 Å². The third-order valence-corrected chi connectivity index (χ3v) is 4.84. The molecule has 0 aliphatic carbocycles. The lowest BCUT2D eigenvalue weighted by Gasteiger charge is -2.07. The summed E-state index contributed by atoms with van der Waals surface area (Å²) in [5.41, 5.74) is 2.73. The summed E-state index contributed by atoms with van der Waals surface area (Å²) in [6.07, 6.45) is 1.04. The molecule has 0 radical (unpaired) electrons. The first-order chi connectivity index (χ1) is 11.5. The van der Waals surface area contributed by atoms with Crippen LogP contribution >= 0.6 is 11.3 Å². The lowest BCUT2D eigenvalue weighted by atomic mass is 10.0. The van der Waals surface area contributed by atoms with Crippen molar-refractivity contribution in [2.75, 3.05) is 5.32 Å². The average Bonchev–Trinajstić information content (AvgIpc) is 2.97. The first kappa shape index (κ1) is 16.6. The molecule has 1 aromatic heterocycles. The van der Waals surface area contributed by atoms with Crippen LogP contribution in [0.1, 0.15) is 37.3 Å². The number of aryl methyl sites for hydroxylation is 1. The Morgan fingerprint density at radius 1 is 1.21 bits per heavy atom. The number of nitrogens with one attached hydrogen (secondary N) is 1. The molecule has 3 aromatic rings. The van der Waals surface area contributed by atoms with Crippen molar-refractivity contribution in [3.8, 4) is 0 Å². The number of benzene rings is 2. The van der Waals surface area contributed by atoms with Gasteiger partial charge >= 0.3 is 0 Å². The number of carbonyl (C=O) groups excluding carboxylic acids is 1. The second-order valence-electron chi connectivity index (χ2n) is 6.05. The predicted molar refractivity (Wildman–Crippen MR) is 97.1 cm³/mol. The quantitative estimate of drug-likeness (QED) is 0.698. The number of hydrogen-bond acceptors (Lipinski definition) is 3. The first-order valence-electron chi connectivity index (χ1n) is 7.96. The molecule has 0 spiro atoms. The van der Waals surface area contributed by atoms with Crippen LogP contribution in [-0.4, -0.2) is 10.9 Å². The number of hydrogen-bond donors (Lipinski definition) is 1. The third-order valence-electron chi connectivity index (χ3n) is 3.90. The highest BCUT2D eigenvalue weighted by Gasteiger charge is 2.10. The molecule has 3 rings (SSSR count). The summed E-state index contributed by atoms with van der Waals surface area (Å²) < 4.78 is 14.4. The molecule has 3 nitrogen and oxygen atoms in total. The maximum atomic E-state index is 13.6. The molecule has 1 heterocycles. The Balaban J connectivity index is 1.59. The van der Waals surface area contributed by atoms with E-state index >= 15 is 0 Å². The lowest BCUT2D eigenvalue weighted by molar-refractivity contribution is -0.116. The summed E-state index contributed by atoms with van der Waals surface area (Å²) in [5, 5.41) is 3.20. The summed E-state index contributed by atoms with van der Waals surface area (Å²) in [6, 6.07) is 13.1. The van der Waals surface area contributed by atoms with Crippen molar-refractivity contribution in [3.63, 3.8) is 0 Å². The summed E-state index contributed by atoms with van der Waals surface area (Å²) >= 11 is 1.28. The van der Waals surface area contributed by atoms with Gasteiger partial charge in [0.2, 0.25) is 5.91 Å². The average molecular weight is 342 g/mol. The second-order valence-corrected chi connectivity index (χ2v) is 7.08. The second kappa shape index (κ2) is 7.09. The van der Waals surface area contributed by atoms with Gasteiger partial charge in [-0.05, 0) is 35.6 Å². The van der Waals surface area contributed by atoms with Crippen LogP contribution in [0.5, 0.6) is 0 Å². The largest absolute Gasteiger partial charge is 0.302 e. The number of thiazole rings is 1. The van der Waals surface area contributed by atoms with Crippen molar-refractivity contribution < 1.29 is 9.18 Å². The van der Waals surface area contributed by atoms with Gasteiger partial charge in [0.1, 0.15) is 11.3 Å². The number of anilines is 1. The number of carbonyl (C=O) groups is 1. The molecule has 0 fully saturated rings. The van der Waals surface area contributed by atoms with E-state index in [4.69, 9.17) is 0 Å². The molecule has 0 saturated heterocycles. The minimum Gasteiger partial charge on any atom is -0.302 e. The number of amides is 1. The molecule has 124 valence electrons. The smallest absolute Gasteiger partial charge is 0.226 e. The monoisotopic (exact) mass is 342 g/mol. The van der Waals surface area contributed by atoms with Crippen LogP contribution in [0, 0.1) is 5.82 Å². The van der Waals surface area contributed by atoms with E-state index in [1.165, 1.54) is 23.0 Å². The van der Waals surface area contributed by atoms with Crippen LogP contribution in [0.4, 0.5) is 9.52 Å². The minimum absolute atomic E-state index is 0.109. The Morgan fingerprint density at radius 3 is 2.62 bits per heavy atom. The highest BCUT2D eigenvalue weighted by Crippen LogP contribution is 2.27. The topological polar surface area (TPSA) is 42.0 Å². The van der Waals surface area contributed by atoms with Crippen LogP contribution < -0.4 is 5.32 Å². The van der Waals surface area contributed by atoms with Gasteiger partial charge < -0.3 is 5.32 Å². The fourth-order valence-electron chi connectivity index (χ4n) is 2.48. The number of para-hydroxylation sites is 1. The Morgan fingerprint density at radius 2 is 1.96 bits per heavy atom. The zero-order chi connectivity index (χ0) is 17.1. The Bertz CT molecular complexity index is 855. The van der Waals surface area contributed by atoms with Crippen molar-refractivity contribution in [1.29, 1.82) is 0 Å². The number of halogens is 1. The van der Waals surface area contributed by atoms with Crippen molar-refractivity contribution >= 4 is 32.6 Å². The van der Waals surface area contributed by atoms with E-state index in [9.17, 15) is 9.18 Å². The van der Waals surface area contributed by atoms with Gasteiger partial charge in [0, 0.05) is 6.42 Å². The van der Waals surface area contributed by atoms with Crippen LogP contribution in [0.25, 0.3) is 10.2 Å². The van der Waals surface area contributed by atoms with Gasteiger partial charge in [-0.15, -0.1) is 0 Å². The normalized spacial score (nSPS) is 11.2. The van der Waals surface area contributed by atoms with Gasteiger partial charge in [0.25, 0.3) is 0 Å². The zero-order valence-corrected chi connectivity index (χ0v) is 14.5. The highest BCUT2D eigenvalue weighted by molar-refractivity contribution is 7.22. The van der Waals surface area contributed by atoms with E-state index in [1.807, 2.05) is 0 Å². The number of fused-ring (bicyclic) bond motifs is 1. The minimum atomic E-state index is -0.366. The molecule has 0 bridgehead atoms. The standard InChI is InChI=1S/C19H19FN2OS/c1-12(2)14-9-6-13(7-10-14)8-11-17(23)21-19-22-18-15(20)4-3-5-16(18)24-19/h3-7,9-10,12H,8,11H2,1-2H3,(H,21,22,23).